The summed E-state index contributed by atoms with van der Waals surface area (Å²) in [7, 11) is -3.63. The molecule has 3 heterocycles. The van der Waals surface area contributed by atoms with Crippen molar-refractivity contribution in [1.82, 2.24) is 14.3 Å². The van der Waals surface area contributed by atoms with Gasteiger partial charge in [-0.2, -0.15) is 4.31 Å². The SMILES string of the molecule is O=S(=O)(c1ccccc1Cl)N1[C@H]2CC[C@H]1c1cncnc1C2. The van der Waals surface area contributed by atoms with E-state index in [1.165, 1.54) is 6.33 Å². The zero-order valence-electron chi connectivity index (χ0n) is 11.7. The summed E-state index contributed by atoms with van der Waals surface area (Å²) in [6, 6.07) is 6.37. The molecule has 0 spiro atoms. The van der Waals surface area contributed by atoms with E-state index in [0.717, 1.165) is 24.1 Å². The van der Waals surface area contributed by atoms with Crippen molar-refractivity contribution < 1.29 is 8.42 Å². The second-order valence-electron chi connectivity index (χ2n) is 5.64. The second kappa shape index (κ2) is 5.01. The highest BCUT2D eigenvalue weighted by molar-refractivity contribution is 7.89. The molecule has 0 radical (unpaired) electrons. The van der Waals surface area contributed by atoms with Gasteiger partial charge in [0.05, 0.1) is 16.8 Å². The Morgan fingerprint density at radius 3 is 2.86 bits per heavy atom. The summed E-state index contributed by atoms with van der Waals surface area (Å²) >= 11 is 6.11. The maximum Gasteiger partial charge on any atom is 0.245 e. The molecule has 1 fully saturated rings. The molecule has 4 rings (SSSR count). The lowest BCUT2D eigenvalue weighted by Gasteiger charge is -2.34. The summed E-state index contributed by atoms with van der Waals surface area (Å²) in [4.78, 5) is 8.55. The molecule has 2 aliphatic rings. The van der Waals surface area contributed by atoms with E-state index in [1.54, 1.807) is 34.8 Å². The van der Waals surface area contributed by atoms with Crippen LogP contribution in [0.3, 0.4) is 0 Å². The number of fused-ring (bicyclic) bond motifs is 4. The fraction of sp³-hybridized carbons (Fsp3) is 0.333. The van der Waals surface area contributed by atoms with Crippen LogP contribution < -0.4 is 0 Å². The lowest BCUT2D eigenvalue weighted by Crippen LogP contribution is -2.42. The van der Waals surface area contributed by atoms with Crippen LogP contribution in [0.25, 0.3) is 0 Å². The van der Waals surface area contributed by atoms with Gasteiger partial charge in [0.25, 0.3) is 0 Å². The van der Waals surface area contributed by atoms with E-state index in [-0.39, 0.29) is 22.0 Å². The lowest BCUT2D eigenvalue weighted by molar-refractivity contribution is 0.300. The second-order valence-corrected chi connectivity index (χ2v) is 7.86. The number of halogens is 1. The first kappa shape index (κ1) is 14.1. The minimum Gasteiger partial charge on any atom is -0.244 e. The van der Waals surface area contributed by atoms with E-state index in [1.807, 2.05) is 0 Å². The predicted octanol–water partition coefficient (Wildman–Crippen LogP) is 2.58. The quantitative estimate of drug-likeness (QED) is 0.846. The first-order valence-electron chi connectivity index (χ1n) is 7.16. The molecule has 7 heteroatoms. The van der Waals surface area contributed by atoms with Crippen LogP contribution in [0.1, 0.15) is 30.1 Å². The molecule has 22 heavy (non-hydrogen) atoms. The fourth-order valence-corrected chi connectivity index (χ4v) is 5.86. The molecule has 0 saturated carbocycles. The largest absolute Gasteiger partial charge is 0.245 e. The van der Waals surface area contributed by atoms with Crippen LogP contribution in [0.2, 0.25) is 5.02 Å². The van der Waals surface area contributed by atoms with Crippen molar-refractivity contribution >= 4 is 21.6 Å². The first-order chi connectivity index (χ1) is 10.6. The zero-order chi connectivity index (χ0) is 15.3. The molecule has 1 aromatic heterocycles. The molecular weight excluding hydrogens is 322 g/mol. The first-order valence-corrected chi connectivity index (χ1v) is 8.97. The lowest BCUT2D eigenvalue weighted by atomic mass is 10.0. The van der Waals surface area contributed by atoms with Crippen molar-refractivity contribution in [2.45, 2.75) is 36.2 Å². The van der Waals surface area contributed by atoms with Crippen LogP contribution in [-0.2, 0) is 16.4 Å². The van der Waals surface area contributed by atoms with Gasteiger partial charge in [-0.15, -0.1) is 0 Å². The molecule has 0 unspecified atom stereocenters. The van der Waals surface area contributed by atoms with E-state index in [9.17, 15) is 8.42 Å². The minimum atomic E-state index is -3.63. The molecule has 5 nitrogen and oxygen atoms in total. The van der Waals surface area contributed by atoms with Crippen molar-refractivity contribution in [1.29, 1.82) is 0 Å². The predicted molar refractivity (Wildman–Crippen MR) is 82.0 cm³/mol. The third kappa shape index (κ3) is 1.98. The highest BCUT2D eigenvalue weighted by Crippen LogP contribution is 2.46. The molecule has 2 aliphatic heterocycles. The molecule has 0 aliphatic carbocycles. The Hall–Kier alpha value is -1.50. The van der Waals surface area contributed by atoms with Crippen LogP contribution >= 0.6 is 11.6 Å². The Morgan fingerprint density at radius 1 is 1.23 bits per heavy atom. The van der Waals surface area contributed by atoms with Gasteiger partial charge in [0, 0.05) is 24.2 Å². The maximum absolute atomic E-state index is 13.1. The minimum absolute atomic E-state index is 0.0475. The van der Waals surface area contributed by atoms with Crippen LogP contribution in [0.5, 0.6) is 0 Å². The number of hydrogen-bond donors (Lipinski definition) is 0. The number of aromatic nitrogens is 2. The topological polar surface area (TPSA) is 63.2 Å². The molecule has 0 amide bonds. The van der Waals surface area contributed by atoms with Gasteiger partial charge < -0.3 is 0 Å². The van der Waals surface area contributed by atoms with Gasteiger partial charge in [-0.3, -0.25) is 0 Å². The summed E-state index contributed by atoms with van der Waals surface area (Å²) in [5, 5.41) is 0.261. The van der Waals surface area contributed by atoms with Crippen molar-refractivity contribution in [2.24, 2.45) is 0 Å². The average Bonchev–Trinajstić information content (AvgIpc) is 2.84. The van der Waals surface area contributed by atoms with Gasteiger partial charge >= 0.3 is 0 Å². The van der Waals surface area contributed by atoms with Gasteiger partial charge in [-0.25, -0.2) is 18.4 Å². The third-order valence-electron chi connectivity index (χ3n) is 4.45. The van der Waals surface area contributed by atoms with Crippen molar-refractivity contribution in [3.63, 3.8) is 0 Å². The molecule has 2 atom stereocenters. The number of benzene rings is 1. The summed E-state index contributed by atoms with van der Waals surface area (Å²) in [6.07, 6.45) is 5.54. The summed E-state index contributed by atoms with van der Waals surface area (Å²) in [5.74, 6) is 0. The Bertz CT molecular complexity index is 840. The third-order valence-corrected chi connectivity index (χ3v) is 6.91. The highest BCUT2D eigenvalue weighted by atomic mass is 35.5. The molecule has 0 N–H and O–H groups in total. The zero-order valence-corrected chi connectivity index (χ0v) is 13.3. The number of hydrogen-bond acceptors (Lipinski definition) is 4. The summed E-state index contributed by atoms with van der Waals surface area (Å²) in [5.41, 5.74) is 1.89. The maximum atomic E-state index is 13.1. The summed E-state index contributed by atoms with van der Waals surface area (Å²) < 4.78 is 27.8. The Kier molecular flexibility index (Phi) is 3.21. The average molecular weight is 336 g/mol. The van der Waals surface area contributed by atoms with E-state index in [2.05, 4.69) is 9.97 Å². The molecular formula is C15H14ClN3O2S. The van der Waals surface area contributed by atoms with Crippen molar-refractivity contribution in [2.75, 3.05) is 0 Å². The Morgan fingerprint density at radius 2 is 2.05 bits per heavy atom. The van der Waals surface area contributed by atoms with Crippen LogP contribution in [0, 0.1) is 0 Å². The van der Waals surface area contributed by atoms with E-state index in [4.69, 9.17) is 11.6 Å². The van der Waals surface area contributed by atoms with E-state index in [0.29, 0.717) is 6.42 Å². The molecule has 114 valence electrons. The normalized spacial score (nSPS) is 24.2. The van der Waals surface area contributed by atoms with Gasteiger partial charge in [0.2, 0.25) is 10.0 Å². The highest BCUT2D eigenvalue weighted by Gasteiger charge is 2.47. The van der Waals surface area contributed by atoms with Crippen LogP contribution in [0.15, 0.2) is 41.7 Å². The standard InChI is InChI=1S/C15H14ClN3O2S/c16-12-3-1-2-4-15(12)22(20,21)19-10-5-6-14(19)11-8-17-9-18-13(11)7-10/h1-4,8-10,14H,5-7H2/t10-,14-/m0/s1. The van der Waals surface area contributed by atoms with Gasteiger partial charge in [-0.05, 0) is 25.0 Å². The monoisotopic (exact) mass is 335 g/mol. The van der Waals surface area contributed by atoms with Crippen molar-refractivity contribution in [3.05, 3.63) is 53.1 Å². The fourth-order valence-electron chi connectivity index (χ4n) is 3.51. The summed E-state index contributed by atoms with van der Waals surface area (Å²) in [6.45, 7) is 0. The van der Waals surface area contributed by atoms with Crippen molar-refractivity contribution in [3.8, 4) is 0 Å². The van der Waals surface area contributed by atoms with Crippen LogP contribution in [0.4, 0.5) is 0 Å². The van der Waals surface area contributed by atoms with Gasteiger partial charge in [0.15, 0.2) is 0 Å². The van der Waals surface area contributed by atoms with Gasteiger partial charge in [-0.1, -0.05) is 23.7 Å². The van der Waals surface area contributed by atoms with Crippen LogP contribution in [-0.4, -0.2) is 28.7 Å². The smallest absolute Gasteiger partial charge is 0.244 e. The van der Waals surface area contributed by atoms with E-state index < -0.39 is 10.0 Å². The molecule has 1 saturated heterocycles. The Labute approximate surface area is 134 Å². The number of sulfonamides is 1. The Balaban J connectivity index is 1.83. The molecule has 1 aromatic carbocycles. The van der Waals surface area contributed by atoms with E-state index >= 15 is 0 Å². The number of rotatable bonds is 2. The molecule has 2 bridgehead atoms. The number of nitrogens with zero attached hydrogens (tertiary/aromatic N) is 3. The van der Waals surface area contributed by atoms with Gasteiger partial charge in [0.1, 0.15) is 11.2 Å². The molecule has 2 aromatic rings.